The molecule has 1 aromatic rings. The van der Waals surface area contributed by atoms with Crippen LogP contribution in [0.3, 0.4) is 0 Å². The van der Waals surface area contributed by atoms with Crippen LogP contribution in [0.25, 0.3) is 0 Å². The number of anilines is 1. The van der Waals surface area contributed by atoms with Crippen LogP contribution in [0, 0.1) is 11.8 Å². The van der Waals surface area contributed by atoms with Crippen molar-refractivity contribution in [1.29, 1.82) is 0 Å². The Hall–Kier alpha value is -2.50. The van der Waals surface area contributed by atoms with E-state index in [0.717, 1.165) is 0 Å². The highest BCUT2D eigenvalue weighted by Gasteiger charge is 2.37. The van der Waals surface area contributed by atoms with Gasteiger partial charge in [0.1, 0.15) is 24.7 Å². The lowest BCUT2D eigenvalue weighted by atomic mass is 10.0. The van der Waals surface area contributed by atoms with Gasteiger partial charge in [-0.3, -0.25) is 9.36 Å². The molecule has 5 unspecified atom stereocenters. The zero-order valence-electron chi connectivity index (χ0n) is 16.7. The second-order valence-electron chi connectivity index (χ2n) is 7.33. The molecule has 1 aliphatic rings. The van der Waals surface area contributed by atoms with E-state index in [1.807, 2.05) is 0 Å². The van der Waals surface area contributed by atoms with Crippen molar-refractivity contribution < 1.29 is 28.9 Å². The Kier molecular flexibility index (Phi) is 7.71. The quantitative estimate of drug-likeness (QED) is 0.458. The number of rotatable bonds is 8. The van der Waals surface area contributed by atoms with Crippen molar-refractivity contribution in [1.82, 2.24) is 9.55 Å². The number of carbonyl (C=O) groups is 2. The molecule has 0 bridgehead atoms. The molecule has 1 fully saturated rings. The van der Waals surface area contributed by atoms with Crippen molar-refractivity contribution in [2.24, 2.45) is 17.6 Å². The summed E-state index contributed by atoms with van der Waals surface area (Å²) in [4.78, 5) is 39.6. The summed E-state index contributed by atoms with van der Waals surface area (Å²) in [6, 6.07) is 0.624. The average molecular weight is 412 g/mol. The lowest BCUT2D eigenvalue weighted by Crippen LogP contribution is -2.40. The average Bonchev–Trinajstić information content (AvgIpc) is 3.07. The number of ether oxygens (including phenoxy) is 3. The molecular weight excluding hydrogens is 384 g/mol. The van der Waals surface area contributed by atoms with Crippen molar-refractivity contribution in [3.05, 3.63) is 22.7 Å². The molecule has 2 rings (SSSR count). The summed E-state index contributed by atoms with van der Waals surface area (Å²) in [5.41, 5.74) is 10.6. The molecule has 1 saturated heterocycles. The lowest BCUT2D eigenvalue weighted by molar-refractivity contribution is -0.171. The predicted octanol–water partition coefficient (Wildman–Crippen LogP) is -0.820. The minimum atomic E-state index is -1.14. The Morgan fingerprint density at radius 2 is 2.07 bits per heavy atom. The van der Waals surface area contributed by atoms with Gasteiger partial charge in [0.2, 0.25) is 0 Å². The molecule has 0 aliphatic carbocycles. The normalized spacial score (nSPS) is 23.6. The minimum absolute atomic E-state index is 0.0918. The van der Waals surface area contributed by atoms with Gasteiger partial charge in [-0.25, -0.2) is 9.59 Å². The van der Waals surface area contributed by atoms with Crippen LogP contribution < -0.4 is 17.2 Å². The van der Waals surface area contributed by atoms with Crippen LogP contribution in [0.2, 0.25) is 0 Å². The number of nitrogens with zero attached hydrogens (tertiary/aromatic N) is 2. The largest absolute Gasteiger partial charge is 0.460 e. The summed E-state index contributed by atoms with van der Waals surface area (Å²) in [6.07, 6.45) is -0.661. The summed E-state index contributed by atoms with van der Waals surface area (Å²) in [5, 5.41) is 9.59. The number of hydrogen-bond donors (Lipinski definition) is 3. The fourth-order valence-corrected chi connectivity index (χ4v) is 2.83. The number of carbonyl (C=O) groups excluding carboxylic acids is 2. The Bertz CT molecular complexity index is 782. The summed E-state index contributed by atoms with van der Waals surface area (Å²) >= 11 is 0. The second-order valence-corrected chi connectivity index (χ2v) is 7.33. The van der Waals surface area contributed by atoms with E-state index in [1.165, 1.54) is 23.8 Å². The molecule has 2 heterocycles. The van der Waals surface area contributed by atoms with Crippen LogP contribution in [-0.4, -0.2) is 58.1 Å². The first kappa shape index (κ1) is 22.8. The molecule has 0 saturated carbocycles. The van der Waals surface area contributed by atoms with E-state index in [0.29, 0.717) is 6.42 Å². The van der Waals surface area contributed by atoms with E-state index in [9.17, 15) is 19.5 Å². The Morgan fingerprint density at radius 3 is 2.66 bits per heavy atom. The lowest BCUT2D eigenvalue weighted by Gasteiger charge is -2.20. The highest BCUT2D eigenvalue weighted by atomic mass is 16.6. The Morgan fingerprint density at radius 1 is 1.38 bits per heavy atom. The van der Waals surface area contributed by atoms with Gasteiger partial charge in [-0.1, -0.05) is 13.8 Å². The third-order valence-corrected chi connectivity index (χ3v) is 4.76. The second kappa shape index (κ2) is 9.81. The highest BCUT2D eigenvalue weighted by Crippen LogP contribution is 2.32. The van der Waals surface area contributed by atoms with Crippen LogP contribution in [-0.2, 0) is 23.8 Å². The topological polar surface area (TPSA) is 169 Å². The Labute approximate surface area is 167 Å². The van der Waals surface area contributed by atoms with Gasteiger partial charge in [-0.2, -0.15) is 4.98 Å². The maximum absolute atomic E-state index is 12.1. The maximum Gasteiger partial charge on any atom is 0.351 e. The number of aliphatic hydroxyl groups excluding tert-OH is 1. The van der Waals surface area contributed by atoms with Crippen molar-refractivity contribution in [3.63, 3.8) is 0 Å². The smallest absolute Gasteiger partial charge is 0.351 e. The zero-order valence-corrected chi connectivity index (χ0v) is 16.7. The number of nitrogen functional groups attached to an aromatic ring is 1. The standard InChI is InChI=1S/C18H28N4O7/c1-9(2)15(20)17(25)28-10(3)16(24)27-8-12-11(7-23)6-14(29-12)22-5-4-13(19)21-18(22)26/h4-5,9-12,14-15,23H,6-8,20H2,1-3H3,(H2,19,21,26). The minimum Gasteiger partial charge on any atom is -0.460 e. The highest BCUT2D eigenvalue weighted by molar-refractivity contribution is 5.81. The van der Waals surface area contributed by atoms with Crippen molar-refractivity contribution in [2.45, 2.75) is 51.7 Å². The van der Waals surface area contributed by atoms with Gasteiger partial charge in [0.25, 0.3) is 0 Å². The first-order chi connectivity index (χ1) is 13.6. The number of nitrogens with two attached hydrogens (primary N) is 2. The van der Waals surface area contributed by atoms with Crippen molar-refractivity contribution in [2.75, 3.05) is 18.9 Å². The maximum atomic E-state index is 12.1. The summed E-state index contributed by atoms with van der Waals surface area (Å²) in [5.74, 6) is -1.85. The Balaban J connectivity index is 1.92. The van der Waals surface area contributed by atoms with E-state index in [2.05, 4.69) is 4.98 Å². The van der Waals surface area contributed by atoms with Crippen molar-refractivity contribution in [3.8, 4) is 0 Å². The van der Waals surface area contributed by atoms with Gasteiger partial charge in [0, 0.05) is 25.1 Å². The number of aromatic nitrogens is 2. The van der Waals surface area contributed by atoms with E-state index in [-0.39, 0.29) is 30.9 Å². The molecule has 0 spiro atoms. The van der Waals surface area contributed by atoms with Crippen LogP contribution in [0.15, 0.2) is 17.1 Å². The summed E-state index contributed by atoms with van der Waals surface area (Å²) in [7, 11) is 0. The third kappa shape index (κ3) is 5.75. The molecule has 5 N–H and O–H groups in total. The number of hydrogen-bond acceptors (Lipinski definition) is 10. The molecule has 29 heavy (non-hydrogen) atoms. The van der Waals surface area contributed by atoms with E-state index < -0.39 is 42.1 Å². The molecule has 162 valence electrons. The van der Waals surface area contributed by atoms with E-state index in [4.69, 9.17) is 25.7 Å². The zero-order chi connectivity index (χ0) is 21.7. The van der Waals surface area contributed by atoms with E-state index in [1.54, 1.807) is 13.8 Å². The fraction of sp³-hybridized carbons (Fsp3) is 0.667. The van der Waals surface area contributed by atoms with Crippen LogP contribution in [0.4, 0.5) is 5.82 Å². The summed E-state index contributed by atoms with van der Waals surface area (Å²) < 4.78 is 17.2. The molecular formula is C18H28N4O7. The fourth-order valence-electron chi connectivity index (χ4n) is 2.83. The molecule has 5 atom stereocenters. The van der Waals surface area contributed by atoms with Crippen LogP contribution >= 0.6 is 0 Å². The molecule has 11 nitrogen and oxygen atoms in total. The molecule has 0 amide bonds. The van der Waals surface area contributed by atoms with Crippen LogP contribution in [0.5, 0.6) is 0 Å². The molecule has 1 aromatic heterocycles. The van der Waals surface area contributed by atoms with Crippen molar-refractivity contribution >= 4 is 17.8 Å². The summed E-state index contributed by atoms with van der Waals surface area (Å²) in [6.45, 7) is 4.52. The van der Waals surface area contributed by atoms with Gasteiger partial charge < -0.3 is 30.8 Å². The first-order valence-electron chi connectivity index (χ1n) is 9.37. The molecule has 1 aliphatic heterocycles. The monoisotopic (exact) mass is 412 g/mol. The van der Waals surface area contributed by atoms with E-state index >= 15 is 0 Å². The van der Waals surface area contributed by atoms with Gasteiger partial charge in [0.15, 0.2) is 6.10 Å². The number of aliphatic hydroxyl groups is 1. The molecule has 11 heteroatoms. The van der Waals surface area contributed by atoms with Gasteiger partial charge >= 0.3 is 17.6 Å². The van der Waals surface area contributed by atoms with Gasteiger partial charge in [-0.15, -0.1) is 0 Å². The van der Waals surface area contributed by atoms with Gasteiger partial charge in [-0.05, 0) is 18.9 Å². The SMILES string of the molecule is CC(OC(=O)C(N)C(C)C)C(=O)OCC1OC(n2ccc(N)nc2=O)CC1CO. The number of esters is 2. The predicted molar refractivity (Wildman–Crippen MR) is 101 cm³/mol. The first-order valence-corrected chi connectivity index (χ1v) is 9.37. The third-order valence-electron chi connectivity index (χ3n) is 4.76. The van der Waals surface area contributed by atoms with Crippen LogP contribution in [0.1, 0.15) is 33.4 Å². The molecule has 0 radical (unpaired) electrons. The molecule has 0 aromatic carbocycles. The van der Waals surface area contributed by atoms with Gasteiger partial charge in [0.05, 0.1) is 6.10 Å².